The van der Waals surface area contributed by atoms with Crippen molar-refractivity contribution in [1.29, 1.82) is 0 Å². The Bertz CT molecular complexity index is 1030. The van der Waals surface area contributed by atoms with Crippen LogP contribution >= 0.6 is 0 Å². The molecule has 27 heavy (non-hydrogen) atoms. The zero-order valence-corrected chi connectivity index (χ0v) is 14.5. The largest absolute Gasteiger partial charge is 0.493 e. The highest BCUT2D eigenvalue weighted by Gasteiger charge is 2.15. The third-order valence-corrected chi connectivity index (χ3v) is 3.70. The molecule has 0 radical (unpaired) electrons. The second kappa shape index (κ2) is 7.56. The fraction of sp³-hybridized carbons (Fsp3) is 0.111. The molecule has 0 atom stereocenters. The van der Waals surface area contributed by atoms with Crippen molar-refractivity contribution in [3.63, 3.8) is 0 Å². The number of hydrogen-bond donors (Lipinski definition) is 4. The molecule has 0 aliphatic heterocycles. The van der Waals surface area contributed by atoms with Gasteiger partial charge < -0.3 is 26.5 Å². The second-order valence-corrected chi connectivity index (χ2v) is 5.55. The molecule has 0 spiro atoms. The minimum Gasteiger partial charge on any atom is -0.493 e. The van der Waals surface area contributed by atoms with E-state index in [1.807, 2.05) is 0 Å². The van der Waals surface area contributed by atoms with Gasteiger partial charge in [0.15, 0.2) is 5.82 Å². The van der Waals surface area contributed by atoms with Gasteiger partial charge in [-0.3, -0.25) is 14.6 Å². The first-order valence-electron chi connectivity index (χ1n) is 8.13. The molecule has 6 N–H and O–H groups in total. The number of pyridine rings is 1. The van der Waals surface area contributed by atoms with Crippen molar-refractivity contribution in [3.8, 4) is 17.1 Å². The number of rotatable bonds is 5. The van der Waals surface area contributed by atoms with Gasteiger partial charge in [-0.05, 0) is 37.3 Å². The summed E-state index contributed by atoms with van der Waals surface area (Å²) >= 11 is 0. The van der Waals surface area contributed by atoms with E-state index in [0.29, 0.717) is 29.2 Å². The summed E-state index contributed by atoms with van der Waals surface area (Å²) in [5.41, 5.74) is 12.0. The Morgan fingerprint density at radius 1 is 1.30 bits per heavy atom. The van der Waals surface area contributed by atoms with Crippen LogP contribution in [0.4, 0.5) is 17.2 Å². The quantitative estimate of drug-likeness (QED) is 0.536. The van der Waals surface area contributed by atoms with Crippen molar-refractivity contribution in [1.82, 2.24) is 15.0 Å². The van der Waals surface area contributed by atoms with Gasteiger partial charge >= 0.3 is 0 Å². The number of nitrogens with two attached hydrogens (primary N) is 2. The lowest BCUT2D eigenvalue weighted by Crippen LogP contribution is -2.17. The van der Waals surface area contributed by atoms with Crippen molar-refractivity contribution in [2.75, 3.05) is 23.4 Å². The summed E-state index contributed by atoms with van der Waals surface area (Å²) in [5.74, 6) is 0.182. The van der Waals surface area contributed by atoms with E-state index in [-0.39, 0.29) is 23.2 Å². The van der Waals surface area contributed by atoms with E-state index >= 15 is 0 Å². The average molecular weight is 366 g/mol. The second-order valence-electron chi connectivity index (χ2n) is 5.55. The first-order valence-corrected chi connectivity index (χ1v) is 8.13. The molecule has 0 fully saturated rings. The van der Waals surface area contributed by atoms with E-state index < -0.39 is 5.56 Å². The maximum absolute atomic E-state index is 12.5. The van der Waals surface area contributed by atoms with Gasteiger partial charge in [-0.2, -0.15) is 0 Å². The van der Waals surface area contributed by atoms with Crippen molar-refractivity contribution in [3.05, 3.63) is 58.6 Å². The van der Waals surface area contributed by atoms with Gasteiger partial charge in [-0.25, -0.2) is 4.98 Å². The smallest absolute Gasteiger partial charge is 0.276 e. The number of aromatic amines is 1. The van der Waals surface area contributed by atoms with Crippen LogP contribution in [0.3, 0.4) is 0 Å². The van der Waals surface area contributed by atoms with Crippen LogP contribution in [0.5, 0.6) is 5.75 Å². The number of aromatic nitrogens is 3. The van der Waals surface area contributed by atoms with E-state index in [1.54, 1.807) is 49.6 Å². The summed E-state index contributed by atoms with van der Waals surface area (Å²) in [6.07, 6.45) is 3.16. The van der Waals surface area contributed by atoms with Crippen molar-refractivity contribution in [2.45, 2.75) is 6.92 Å². The van der Waals surface area contributed by atoms with Crippen molar-refractivity contribution in [2.24, 2.45) is 0 Å². The Labute approximate surface area is 154 Å². The van der Waals surface area contributed by atoms with Crippen LogP contribution in [-0.4, -0.2) is 27.5 Å². The average Bonchev–Trinajstić information content (AvgIpc) is 2.66. The first kappa shape index (κ1) is 17.9. The van der Waals surface area contributed by atoms with Crippen LogP contribution in [0.25, 0.3) is 11.4 Å². The molecule has 138 valence electrons. The van der Waals surface area contributed by atoms with Crippen molar-refractivity contribution < 1.29 is 9.53 Å². The van der Waals surface area contributed by atoms with Gasteiger partial charge in [0.1, 0.15) is 17.3 Å². The van der Waals surface area contributed by atoms with E-state index in [2.05, 4.69) is 20.3 Å². The number of ether oxygens (including phenoxy) is 1. The Kier molecular flexibility index (Phi) is 5.02. The number of amides is 1. The monoisotopic (exact) mass is 366 g/mol. The standard InChI is InChI=1S/C18H18N6O3/c1-2-27-13-8-10(17(25)22-11-4-3-7-21-9-11)5-6-12(13)16-23-15(20)14(19)18(26)24-16/h3-9H,2,19H2,1H3,(H,22,25)(H3,20,23,24,26). The van der Waals surface area contributed by atoms with Gasteiger partial charge in [-0.15, -0.1) is 0 Å². The zero-order chi connectivity index (χ0) is 19.4. The van der Waals surface area contributed by atoms with E-state index in [4.69, 9.17) is 16.2 Å². The number of carbonyl (C=O) groups is 1. The molecule has 1 aromatic carbocycles. The highest BCUT2D eigenvalue weighted by molar-refractivity contribution is 6.04. The third kappa shape index (κ3) is 3.87. The molecule has 1 amide bonds. The number of benzene rings is 1. The molecule has 0 aliphatic carbocycles. The number of nitrogen functional groups attached to an aromatic ring is 2. The number of nitrogens with one attached hydrogen (secondary N) is 2. The fourth-order valence-electron chi connectivity index (χ4n) is 2.40. The number of hydrogen-bond acceptors (Lipinski definition) is 7. The lowest BCUT2D eigenvalue weighted by molar-refractivity contribution is 0.102. The van der Waals surface area contributed by atoms with Crippen LogP contribution in [-0.2, 0) is 0 Å². The molecule has 9 nitrogen and oxygen atoms in total. The molecule has 2 aromatic heterocycles. The third-order valence-electron chi connectivity index (χ3n) is 3.70. The lowest BCUT2D eigenvalue weighted by Gasteiger charge is -2.12. The van der Waals surface area contributed by atoms with E-state index in [9.17, 15) is 9.59 Å². The Morgan fingerprint density at radius 3 is 2.78 bits per heavy atom. The van der Waals surface area contributed by atoms with Crippen LogP contribution in [0.2, 0.25) is 0 Å². The summed E-state index contributed by atoms with van der Waals surface area (Å²) in [6, 6.07) is 8.23. The molecule has 0 bridgehead atoms. The van der Waals surface area contributed by atoms with E-state index in [1.165, 1.54) is 0 Å². The number of carbonyl (C=O) groups excluding carboxylic acids is 1. The summed E-state index contributed by atoms with van der Waals surface area (Å²) in [4.78, 5) is 34.9. The van der Waals surface area contributed by atoms with Crippen LogP contribution < -0.4 is 27.1 Å². The Balaban J connectivity index is 1.98. The molecule has 0 saturated carbocycles. The minimum absolute atomic E-state index is 0.0744. The van der Waals surface area contributed by atoms with Crippen LogP contribution in [0.15, 0.2) is 47.5 Å². The predicted octanol–water partition coefficient (Wildman–Crippen LogP) is 1.65. The fourth-order valence-corrected chi connectivity index (χ4v) is 2.40. The maximum Gasteiger partial charge on any atom is 0.276 e. The molecule has 0 unspecified atom stereocenters. The molecular formula is C18H18N6O3. The summed E-state index contributed by atoms with van der Waals surface area (Å²) < 4.78 is 5.62. The summed E-state index contributed by atoms with van der Waals surface area (Å²) in [6.45, 7) is 2.16. The minimum atomic E-state index is -0.543. The van der Waals surface area contributed by atoms with Gasteiger partial charge in [-0.1, -0.05) is 0 Å². The first-order chi connectivity index (χ1) is 13.0. The van der Waals surface area contributed by atoms with Crippen molar-refractivity contribution >= 4 is 23.1 Å². The van der Waals surface area contributed by atoms with Crippen LogP contribution in [0.1, 0.15) is 17.3 Å². The normalized spacial score (nSPS) is 10.4. The Hall–Kier alpha value is -3.88. The SMILES string of the molecule is CCOc1cc(C(=O)Nc2cccnc2)ccc1-c1nc(N)c(N)c(=O)[nH]1. The van der Waals surface area contributed by atoms with Gasteiger partial charge in [0, 0.05) is 11.8 Å². The molecule has 9 heteroatoms. The highest BCUT2D eigenvalue weighted by atomic mass is 16.5. The molecule has 3 rings (SSSR count). The molecule has 2 heterocycles. The number of anilines is 3. The number of H-pyrrole nitrogens is 1. The topological polar surface area (TPSA) is 149 Å². The van der Waals surface area contributed by atoms with Gasteiger partial charge in [0.2, 0.25) is 0 Å². The number of nitrogens with zero attached hydrogens (tertiary/aromatic N) is 2. The lowest BCUT2D eigenvalue weighted by atomic mass is 10.1. The predicted molar refractivity (Wildman–Crippen MR) is 102 cm³/mol. The zero-order valence-electron chi connectivity index (χ0n) is 14.5. The molecule has 0 saturated heterocycles. The Morgan fingerprint density at radius 2 is 2.11 bits per heavy atom. The molecule has 0 aliphatic rings. The summed E-state index contributed by atoms with van der Waals surface area (Å²) in [5, 5.41) is 2.75. The maximum atomic E-state index is 12.5. The molecular weight excluding hydrogens is 348 g/mol. The summed E-state index contributed by atoms with van der Waals surface area (Å²) in [7, 11) is 0. The van der Waals surface area contributed by atoms with Crippen LogP contribution in [0, 0.1) is 0 Å². The van der Waals surface area contributed by atoms with Gasteiger partial charge in [0.05, 0.1) is 24.1 Å². The van der Waals surface area contributed by atoms with Gasteiger partial charge in [0.25, 0.3) is 11.5 Å². The molecule has 3 aromatic rings. The van der Waals surface area contributed by atoms with E-state index in [0.717, 1.165) is 0 Å². The highest BCUT2D eigenvalue weighted by Crippen LogP contribution is 2.29.